The van der Waals surface area contributed by atoms with E-state index in [-0.39, 0.29) is 5.91 Å². The molecular formula is C17H13N5O2. The van der Waals surface area contributed by atoms with Crippen molar-refractivity contribution < 1.29 is 9.32 Å². The Labute approximate surface area is 137 Å². The van der Waals surface area contributed by atoms with Crippen LogP contribution in [0.3, 0.4) is 0 Å². The molecule has 1 aromatic carbocycles. The fourth-order valence-electron chi connectivity index (χ4n) is 2.08. The van der Waals surface area contributed by atoms with Gasteiger partial charge in [-0.25, -0.2) is 0 Å². The minimum Gasteiger partial charge on any atom is -0.360 e. The maximum absolute atomic E-state index is 12.2. The summed E-state index contributed by atoms with van der Waals surface area (Å²) in [5.74, 6) is 0.610. The fourth-order valence-corrected chi connectivity index (χ4v) is 2.08. The first-order chi connectivity index (χ1) is 11.6. The van der Waals surface area contributed by atoms with Crippen LogP contribution in [0, 0.1) is 18.3 Å². The maximum atomic E-state index is 12.2. The highest BCUT2D eigenvalue weighted by Gasteiger charge is 2.10. The normalized spacial score (nSPS) is 10.0. The molecule has 0 bridgehead atoms. The van der Waals surface area contributed by atoms with E-state index in [1.807, 2.05) is 6.07 Å². The van der Waals surface area contributed by atoms with E-state index in [9.17, 15) is 4.79 Å². The van der Waals surface area contributed by atoms with Crippen molar-refractivity contribution in [1.82, 2.24) is 10.1 Å². The topological polar surface area (TPSA) is 104 Å². The second kappa shape index (κ2) is 6.62. The zero-order chi connectivity index (χ0) is 16.9. The van der Waals surface area contributed by atoms with Crippen LogP contribution < -0.4 is 10.6 Å². The number of carbonyl (C=O) groups is 1. The minimum atomic E-state index is -0.342. The van der Waals surface area contributed by atoms with Gasteiger partial charge in [0.25, 0.3) is 5.91 Å². The van der Waals surface area contributed by atoms with Gasteiger partial charge in [-0.1, -0.05) is 11.2 Å². The van der Waals surface area contributed by atoms with E-state index in [4.69, 9.17) is 9.78 Å². The third-order valence-corrected chi connectivity index (χ3v) is 3.15. The molecular weight excluding hydrogens is 306 g/mol. The lowest BCUT2D eigenvalue weighted by Crippen LogP contribution is -2.12. The second-order valence-corrected chi connectivity index (χ2v) is 5.06. The van der Waals surface area contributed by atoms with Crippen molar-refractivity contribution in [3.8, 4) is 6.07 Å². The van der Waals surface area contributed by atoms with Gasteiger partial charge >= 0.3 is 0 Å². The Morgan fingerprint density at radius 1 is 1.21 bits per heavy atom. The van der Waals surface area contributed by atoms with E-state index < -0.39 is 0 Å². The molecule has 7 heteroatoms. The van der Waals surface area contributed by atoms with Crippen molar-refractivity contribution in [3.05, 3.63) is 65.7 Å². The number of anilines is 3. The van der Waals surface area contributed by atoms with Gasteiger partial charge in [-0.05, 0) is 31.2 Å². The molecule has 0 spiro atoms. The Balaban J connectivity index is 1.76. The van der Waals surface area contributed by atoms with Gasteiger partial charge in [-0.3, -0.25) is 9.78 Å². The number of benzene rings is 1. The number of aryl methyl sites for hydroxylation is 1. The summed E-state index contributed by atoms with van der Waals surface area (Å²) in [4.78, 5) is 16.3. The molecule has 0 saturated carbocycles. The summed E-state index contributed by atoms with van der Waals surface area (Å²) in [6.07, 6.45) is 3.05. The second-order valence-electron chi connectivity index (χ2n) is 5.06. The Morgan fingerprint density at radius 2 is 2.08 bits per heavy atom. The lowest BCUT2D eigenvalue weighted by atomic mass is 10.2. The average molecular weight is 319 g/mol. The first-order valence-electron chi connectivity index (χ1n) is 7.11. The summed E-state index contributed by atoms with van der Waals surface area (Å²) >= 11 is 0. The number of nitrogens with zero attached hydrogens (tertiary/aromatic N) is 3. The van der Waals surface area contributed by atoms with Gasteiger partial charge in [-0.2, -0.15) is 5.26 Å². The molecule has 0 aliphatic heterocycles. The third-order valence-electron chi connectivity index (χ3n) is 3.15. The minimum absolute atomic E-state index is 0.342. The molecule has 0 radical (unpaired) electrons. The molecule has 3 rings (SSSR count). The van der Waals surface area contributed by atoms with Crippen molar-refractivity contribution in [3.63, 3.8) is 0 Å². The number of pyridine rings is 1. The van der Waals surface area contributed by atoms with E-state index >= 15 is 0 Å². The van der Waals surface area contributed by atoms with E-state index in [0.29, 0.717) is 28.4 Å². The highest BCUT2D eigenvalue weighted by Crippen LogP contribution is 2.18. The first kappa shape index (κ1) is 15.2. The van der Waals surface area contributed by atoms with Gasteiger partial charge in [0.15, 0.2) is 5.82 Å². The van der Waals surface area contributed by atoms with Crippen molar-refractivity contribution >= 4 is 23.1 Å². The molecule has 118 valence electrons. The van der Waals surface area contributed by atoms with Crippen molar-refractivity contribution in [2.24, 2.45) is 0 Å². The highest BCUT2D eigenvalue weighted by molar-refractivity contribution is 6.04. The summed E-state index contributed by atoms with van der Waals surface area (Å²) in [5, 5.41) is 18.4. The van der Waals surface area contributed by atoms with Crippen LogP contribution in [-0.4, -0.2) is 16.0 Å². The number of carbonyl (C=O) groups excluding carboxylic acids is 1. The highest BCUT2D eigenvalue weighted by atomic mass is 16.5. The number of aromatic nitrogens is 2. The van der Waals surface area contributed by atoms with Crippen molar-refractivity contribution in [1.29, 1.82) is 5.26 Å². The molecule has 2 N–H and O–H groups in total. The number of hydrogen-bond donors (Lipinski definition) is 2. The SMILES string of the molecule is Cc1cc(NC(=O)c2cncc(Nc3cccc(C#N)c3)c2)no1. The molecule has 1 amide bonds. The molecule has 0 unspecified atom stereocenters. The van der Waals surface area contributed by atoms with Crippen LogP contribution in [0.25, 0.3) is 0 Å². The van der Waals surface area contributed by atoms with Crippen LogP contribution in [0.1, 0.15) is 21.7 Å². The van der Waals surface area contributed by atoms with E-state index in [2.05, 4.69) is 26.8 Å². The van der Waals surface area contributed by atoms with Gasteiger partial charge in [0, 0.05) is 18.0 Å². The van der Waals surface area contributed by atoms with Gasteiger partial charge in [0.05, 0.1) is 29.1 Å². The van der Waals surface area contributed by atoms with Gasteiger partial charge < -0.3 is 15.2 Å². The summed E-state index contributed by atoms with van der Waals surface area (Å²) in [6, 6.07) is 12.4. The number of rotatable bonds is 4. The van der Waals surface area contributed by atoms with Crippen molar-refractivity contribution in [2.75, 3.05) is 10.6 Å². The molecule has 0 aliphatic carbocycles. The molecule has 2 heterocycles. The first-order valence-corrected chi connectivity index (χ1v) is 7.11. The van der Waals surface area contributed by atoms with Crippen LogP contribution >= 0.6 is 0 Å². The smallest absolute Gasteiger partial charge is 0.258 e. The number of nitrogens with one attached hydrogen (secondary N) is 2. The largest absolute Gasteiger partial charge is 0.360 e. The van der Waals surface area contributed by atoms with Crippen LogP contribution in [0.2, 0.25) is 0 Å². The van der Waals surface area contributed by atoms with E-state index in [1.165, 1.54) is 6.20 Å². The Bertz CT molecular complexity index is 926. The van der Waals surface area contributed by atoms with E-state index in [0.717, 1.165) is 5.69 Å². The average Bonchev–Trinajstić information content (AvgIpc) is 3.00. The van der Waals surface area contributed by atoms with Crippen LogP contribution in [0.15, 0.2) is 53.3 Å². The molecule has 0 aliphatic rings. The zero-order valence-electron chi connectivity index (χ0n) is 12.8. The summed E-state index contributed by atoms with van der Waals surface area (Å²) < 4.78 is 4.91. The quantitative estimate of drug-likeness (QED) is 0.765. The lowest BCUT2D eigenvalue weighted by molar-refractivity contribution is 0.102. The Morgan fingerprint density at radius 3 is 2.83 bits per heavy atom. The van der Waals surface area contributed by atoms with E-state index in [1.54, 1.807) is 43.5 Å². The van der Waals surface area contributed by atoms with Crippen LogP contribution in [0.4, 0.5) is 17.2 Å². The summed E-state index contributed by atoms with van der Waals surface area (Å²) in [7, 11) is 0. The van der Waals surface area contributed by atoms with Crippen molar-refractivity contribution in [2.45, 2.75) is 6.92 Å². The number of hydrogen-bond acceptors (Lipinski definition) is 6. The predicted octanol–water partition coefficient (Wildman–Crippen LogP) is 3.25. The molecule has 2 aromatic heterocycles. The van der Waals surface area contributed by atoms with Gasteiger partial charge in [0.1, 0.15) is 5.76 Å². The number of amides is 1. The molecule has 0 fully saturated rings. The molecule has 24 heavy (non-hydrogen) atoms. The molecule has 0 atom stereocenters. The molecule has 0 saturated heterocycles. The Hall–Kier alpha value is -3.66. The lowest BCUT2D eigenvalue weighted by Gasteiger charge is -2.08. The van der Waals surface area contributed by atoms with Gasteiger partial charge in [-0.15, -0.1) is 0 Å². The molecule has 3 aromatic rings. The third kappa shape index (κ3) is 3.56. The summed E-state index contributed by atoms with van der Waals surface area (Å²) in [5.41, 5.74) is 2.29. The monoisotopic (exact) mass is 319 g/mol. The summed E-state index contributed by atoms with van der Waals surface area (Å²) in [6.45, 7) is 1.74. The van der Waals surface area contributed by atoms with Crippen LogP contribution in [-0.2, 0) is 0 Å². The zero-order valence-corrected chi connectivity index (χ0v) is 12.8. The molecule has 7 nitrogen and oxygen atoms in total. The number of nitriles is 1. The maximum Gasteiger partial charge on any atom is 0.258 e. The predicted molar refractivity (Wildman–Crippen MR) is 87.9 cm³/mol. The van der Waals surface area contributed by atoms with Crippen LogP contribution in [0.5, 0.6) is 0 Å². The Kier molecular flexibility index (Phi) is 4.21. The fraction of sp³-hybridized carbons (Fsp3) is 0.0588. The standard InChI is InChI=1S/C17H13N5O2/c1-11-5-16(22-24-11)21-17(23)13-7-15(10-19-9-13)20-14-4-2-3-12(6-14)8-18/h2-7,9-10,20H,1H3,(H,21,22,23). The van der Waals surface area contributed by atoms with Gasteiger partial charge in [0.2, 0.25) is 0 Å².